The van der Waals surface area contributed by atoms with Crippen molar-refractivity contribution >= 4 is 11.6 Å². The fraction of sp³-hybridized carbons (Fsp3) is 0.429. The van der Waals surface area contributed by atoms with Crippen LogP contribution in [-0.2, 0) is 0 Å². The number of aliphatic hydroxyl groups excluding tert-OH is 1. The number of hydrogen-bond donors (Lipinski definition) is 1. The van der Waals surface area contributed by atoms with E-state index in [-0.39, 0.29) is 12.0 Å². The van der Waals surface area contributed by atoms with Crippen LogP contribution in [0.5, 0.6) is 0 Å². The molecule has 3 rings (SSSR count). The Kier molecular flexibility index (Phi) is 2.98. The van der Waals surface area contributed by atoms with Crippen LogP contribution >= 0.6 is 0 Å². The highest BCUT2D eigenvalue weighted by atomic mass is 16.3. The van der Waals surface area contributed by atoms with Gasteiger partial charge in [0.2, 0.25) is 0 Å². The van der Waals surface area contributed by atoms with Crippen LogP contribution < -0.4 is 0 Å². The highest BCUT2D eigenvalue weighted by Crippen LogP contribution is 2.27. The van der Waals surface area contributed by atoms with Gasteiger partial charge in [0, 0.05) is 26.0 Å². The molecule has 1 N–H and O–H groups in total. The number of carbonyl (C=O) groups excluding carboxylic acids is 1. The molecule has 100 valence electrons. The van der Waals surface area contributed by atoms with Gasteiger partial charge in [0.15, 0.2) is 0 Å². The molecule has 0 unspecified atom stereocenters. The maximum absolute atomic E-state index is 12.3. The molecule has 1 fully saturated rings. The Morgan fingerprint density at radius 1 is 1.53 bits per heavy atom. The molecule has 0 saturated heterocycles. The number of aliphatic hydroxyl groups is 1. The molecule has 5 heteroatoms. The summed E-state index contributed by atoms with van der Waals surface area (Å²) < 4.78 is 1.84. The van der Waals surface area contributed by atoms with Gasteiger partial charge in [0.05, 0.1) is 6.10 Å². The van der Waals surface area contributed by atoms with Gasteiger partial charge in [-0.2, -0.15) is 0 Å². The smallest absolute Gasteiger partial charge is 0.273 e. The molecule has 0 radical (unpaired) electrons. The molecule has 1 amide bonds. The maximum Gasteiger partial charge on any atom is 0.273 e. The summed E-state index contributed by atoms with van der Waals surface area (Å²) in [5.74, 6) is 0.353. The van der Waals surface area contributed by atoms with E-state index in [9.17, 15) is 9.90 Å². The number of hydrogen-bond acceptors (Lipinski definition) is 3. The van der Waals surface area contributed by atoms with Crippen molar-refractivity contribution in [2.24, 2.45) is 5.92 Å². The zero-order valence-corrected chi connectivity index (χ0v) is 10.9. The molecule has 2 heterocycles. The first-order chi connectivity index (χ1) is 9.13. The van der Waals surface area contributed by atoms with Gasteiger partial charge in [-0.3, -0.25) is 4.79 Å². The Morgan fingerprint density at radius 2 is 2.32 bits per heavy atom. The lowest BCUT2D eigenvalue weighted by Gasteiger charge is -2.34. The number of rotatable bonds is 3. The third-order valence-corrected chi connectivity index (χ3v) is 3.67. The van der Waals surface area contributed by atoms with Gasteiger partial charge in [0.1, 0.15) is 11.3 Å². The quantitative estimate of drug-likeness (QED) is 0.900. The highest BCUT2D eigenvalue weighted by molar-refractivity contribution is 5.92. The summed E-state index contributed by atoms with van der Waals surface area (Å²) in [6, 6.07) is 5.68. The predicted molar refractivity (Wildman–Crippen MR) is 70.9 cm³/mol. The van der Waals surface area contributed by atoms with Crippen LogP contribution in [0.15, 0.2) is 30.6 Å². The molecule has 1 aliphatic carbocycles. The summed E-state index contributed by atoms with van der Waals surface area (Å²) in [7, 11) is 1.79. The lowest BCUT2D eigenvalue weighted by molar-refractivity contribution is 0.0264. The fourth-order valence-corrected chi connectivity index (χ4v) is 2.55. The van der Waals surface area contributed by atoms with E-state index in [0.29, 0.717) is 18.2 Å². The standard InChI is InChI=1S/C14H17N3O2/c1-16(8-10-6-11(18)7-10)14(19)12-9-17-5-3-2-4-13(17)15-12/h2-5,9-11,18H,6-8H2,1H3. The van der Waals surface area contributed by atoms with Crippen molar-refractivity contribution in [2.75, 3.05) is 13.6 Å². The van der Waals surface area contributed by atoms with Crippen LogP contribution in [0, 0.1) is 5.92 Å². The van der Waals surface area contributed by atoms with Crippen molar-refractivity contribution in [3.63, 3.8) is 0 Å². The van der Waals surface area contributed by atoms with E-state index in [1.807, 2.05) is 28.8 Å². The minimum atomic E-state index is -0.177. The Labute approximate surface area is 111 Å². The molecule has 0 aromatic carbocycles. The minimum Gasteiger partial charge on any atom is -0.393 e. The van der Waals surface area contributed by atoms with Crippen LogP contribution in [0.1, 0.15) is 23.3 Å². The first-order valence-corrected chi connectivity index (χ1v) is 6.51. The molecule has 0 bridgehead atoms. The topological polar surface area (TPSA) is 57.8 Å². The van der Waals surface area contributed by atoms with Gasteiger partial charge in [-0.05, 0) is 30.9 Å². The second kappa shape index (κ2) is 4.66. The predicted octanol–water partition coefficient (Wildman–Crippen LogP) is 1.18. The molecular formula is C14H17N3O2. The second-order valence-electron chi connectivity index (χ2n) is 5.27. The largest absolute Gasteiger partial charge is 0.393 e. The first-order valence-electron chi connectivity index (χ1n) is 6.51. The van der Waals surface area contributed by atoms with E-state index in [0.717, 1.165) is 18.5 Å². The molecule has 19 heavy (non-hydrogen) atoms. The molecule has 2 aromatic heterocycles. The van der Waals surface area contributed by atoms with Gasteiger partial charge >= 0.3 is 0 Å². The molecule has 0 atom stereocenters. The third-order valence-electron chi connectivity index (χ3n) is 3.67. The molecular weight excluding hydrogens is 242 g/mol. The van der Waals surface area contributed by atoms with Crippen molar-refractivity contribution in [1.29, 1.82) is 0 Å². The average molecular weight is 259 g/mol. The highest BCUT2D eigenvalue weighted by Gasteiger charge is 2.29. The van der Waals surface area contributed by atoms with Crippen molar-refractivity contribution in [1.82, 2.24) is 14.3 Å². The summed E-state index contributed by atoms with van der Waals surface area (Å²) in [5, 5.41) is 9.26. The number of fused-ring (bicyclic) bond motifs is 1. The van der Waals surface area contributed by atoms with Gasteiger partial charge in [0.25, 0.3) is 5.91 Å². The average Bonchev–Trinajstić information content (AvgIpc) is 2.79. The van der Waals surface area contributed by atoms with Crippen molar-refractivity contribution in [2.45, 2.75) is 18.9 Å². The number of pyridine rings is 1. The Balaban J connectivity index is 1.71. The summed E-state index contributed by atoms with van der Waals surface area (Å²) in [6.07, 6.45) is 5.04. The van der Waals surface area contributed by atoms with Gasteiger partial charge in [-0.1, -0.05) is 6.07 Å². The van der Waals surface area contributed by atoms with E-state index in [1.165, 1.54) is 0 Å². The molecule has 5 nitrogen and oxygen atoms in total. The summed E-state index contributed by atoms with van der Waals surface area (Å²) >= 11 is 0. The lowest BCUT2D eigenvalue weighted by atomic mass is 9.82. The normalized spacial score (nSPS) is 22.2. The maximum atomic E-state index is 12.3. The summed E-state index contributed by atoms with van der Waals surface area (Å²) in [4.78, 5) is 18.3. The number of amides is 1. The van der Waals surface area contributed by atoms with Crippen LogP contribution in [0.25, 0.3) is 5.65 Å². The van der Waals surface area contributed by atoms with Crippen molar-refractivity contribution in [3.05, 3.63) is 36.3 Å². The molecule has 0 aliphatic heterocycles. The van der Waals surface area contributed by atoms with E-state index in [4.69, 9.17) is 0 Å². The second-order valence-corrected chi connectivity index (χ2v) is 5.27. The molecule has 1 saturated carbocycles. The molecule has 0 spiro atoms. The van der Waals surface area contributed by atoms with Crippen LogP contribution in [0.3, 0.4) is 0 Å². The minimum absolute atomic E-state index is 0.0647. The van der Waals surface area contributed by atoms with Gasteiger partial charge < -0.3 is 14.4 Å². The van der Waals surface area contributed by atoms with Crippen LogP contribution in [0.4, 0.5) is 0 Å². The number of carbonyl (C=O) groups is 1. The third kappa shape index (κ3) is 2.33. The van der Waals surface area contributed by atoms with E-state index in [2.05, 4.69) is 4.98 Å². The Hall–Kier alpha value is -1.88. The number of nitrogens with zero attached hydrogens (tertiary/aromatic N) is 3. The summed E-state index contributed by atoms with van der Waals surface area (Å²) in [5.41, 5.74) is 1.24. The van der Waals surface area contributed by atoms with Gasteiger partial charge in [-0.15, -0.1) is 0 Å². The summed E-state index contributed by atoms with van der Waals surface area (Å²) in [6.45, 7) is 0.684. The zero-order valence-electron chi connectivity index (χ0n) is 10.9. The first kappa shape index (κ1) is 12.2. The number of imidazole rings is 1. The van der Waals surface area contributed by atoms with Gasteiger partial charge in [-0.25, -0.2) is 4.98 Å². The molecule has 1 aliphatic rings. The SMILES string of the molecule is CN(CC1CC(O)C1)C(=O)c1cn2ccccc2n1. The Morgan fingerprint density at radius 3 is 3.00 bits per heavy atom. The van der Waals surface area contributed by atoms with Crippen LogP contribution in [-0.4, -0.2) is 45.0 Å². The zero-order chi connectivity index (χ0) is 13.4. The fourth-order valence-electron chi connectivity index (χ4n) is 2.55. The van der Waals surface area contributed by atoms with E-state index >= 15 is 0 Å². The Bertz CT molecular complexity index is 569. The lowest BCUT2D eigenvalue weighted by Crippen LogP contribution is -2.39. The van der Waals surface area contributed by atoms with Crippen molar-refractivity contribution in [3.8, 4) is 0 Å². The van der Waals surface area contributed by atoms with E-state index < -0.39 is 0 Å². The van der Waals surface area contributed by atoms with E-state index in [1.54, 1.807) is 18.1 Å². The van der Waals surface area contributed by atoms with Crippen molar-refractivity contribution < 1.29 is 9.90 Å². The van der Waals surface area contributed by atoms with Crippen LogP contribution in [0.2, 0.25) is 0 Å². The number of aromatic nitrogens is 2. The molecule has 2 aromatic rings. The monoisotopic (exact) mass is 259 g/mol.